The Bertz CT molecular complexity index is 198. The first-order valence-corrected chi connectivity index (χ1v) is 4.11. The summed E-state index contributed by atoms with van der Waals surface area (Å²) in [5, 5.41) is 10.9. The molecule has 1 aliphatic rings. The van der Waals surface area contributed by atoms with Crippen LogP contribution in [0.1, 0.15) is 26.2 Å². The molecule has 4 nitrogen and oxygen atoms in total. The average Bonchev–Trinajstić information content (AvgIpc) is 2.71. The lowest BCUT2D eigenvalue weighted by atomic mass is 10.2. The summed E-state index contributed by atoms with van der Waals surface area (Å²) >= 11 is 0. The van der Waals surface area contributed by atoms with Crippen molar-refractivity contribution in [1.82, 2.24) is 5.32 Å². The van der Waals surface area contributed by atoms with Gasteiger partial charge >= 0.3 is 5.97 Å². The second-order valence-corrected chi connectivity index (χ2v) is 3.27. The molecule has 0 bridgehead atoms. The lowest BCUT2D eigenvalue weighted by Crippen LogP contribution is -2.38. The lowest BCUT2D eigenvalue weighted by Gasteiger charge is -2.07. The van der Waals surface area contributed by atoms with Crippen molar-refractivity contribution in [3.8, 4) is 0 Å². The van der Waals surface area contributed by atoms with Gasteiger partial charge in [0.05, 0.1) is 0 Å². The smallest absolute Gasteiger partial charge is 0.325 e. The number of carbonyl (C=O) groups excluding carboxylic acids is 1. The van der Waals surface area contributed by atoms with E-state index in [0.717, 1.165) is 12.8 Å². The standard InChI is InChI=1S/C8H13NO3/c1-5(8(11)12)9-7(10)4-6-2-3-6/h5-6H,2-4H2,1H3,(H,9,10)(H,11,12). The number of aliphatic carboxylic acids is 1. The van der Waals surface area contributed by atoms with Crippen LogP contribution in [0.2, 0.25) is 0 Å². The van der Waals surface area contributed by atoms with Gasteiger partial charge in [0.25, 0.3) is 0 Å². The summed E-state index contributed by atoms with van der Waals surface area (Å²) in [4.78, 5) is 21.4. The molecular weight excluding hydrogens is 158 g/mol. The molecule has 1 saturated carbocycles. The molecular formula is C8H13NO3. The van der Waals surface area contributed by atoms with Gasteiger partial charge in [0, 0.05) is 6.42 Å². The van der Waals surface area contributed by atoms with Crippen molar-refractivity contribution in [2.24, 2.45) is 5.92 Å². The maximum atomic E-state index is 11.0. The predicted molar refractivity (Wildman–Crippen MR) is 42.6 cm³/mol. The molecule has 0 aliphatic heterocycles. The topological polar surface area (TPSA) is 66.4 Å². The van der Waals surface area contributed by atoms with Gasteiger partial charge < -0.3 is 10.4 Å². The first-order chi connectivity index (χ1) is 5.59. The number of hydrogen-bond donors (Lipinski definition) is 2. The molecule has 2 N–H and O–H groups in total. The summed E-state index contributed by atoms with van der Waals surface area (Å²) in [5.74, 6) is -0.627. The minimum Gasteiger partial charge on any atom is -0.480 e. The molecule has 0 aromatic rings. The second kappa shape index (κ2) is 3.56. The van der Waals surface area contributed by atoms with E-state index < -0.39 is 12.0 Å². The Labute approximate surface area is 71.0 Å². The third-order valence-corrected chi connectivity index (χ3v) is 1.92. The molecule has 0 heterocycles. The highest BCUT2D eigenvalue weighted by Gasteiger charge is 2.25. The normalized spacial score (nSPS) is 18.4. The highest BCUT2D eigenvalue weighted by molar-refractivity contribution is 5.83. The fourth-order valence-electron chi connectivity index (χ4n) is 0.946. The van der Waals surface area contributed by atoms with Crippen LogP contribution in [-0.2, 0) is 9.59 Å². The Kier molecular flexibility index (Phi) is 2.68. The van der Waals surface area contributed by atoms with E-state index in [1.807, 2.05) is 0 Å². The van der Waals surface area contributed by atoms with Gasteiger partial charge in [0.2, 0.25) is 5.91 Å². The number of carboxylic acid groups (broad SMARTS) is 1. The first kappa shape index (κ1) is 9.03. The van der Waals surface area contributed by atoms with Gasteiger partial charge in [-0.25, -0.2) is 0 Å². The molecule has 1 unspecified atom stereocenters. The Balaban J connectivity index is 2.19. The minimum absolute atomic E-state index is 0.146. The average molecular weight is 171 g/mol. The molecule has 68 valence electrons. The van der Waals surface area contributed by atoms with Crippen LogP contribution >= 0.6 is 0 Å². The molecule has 1 fully saturated rings. The van der Waals surface area contributed by atoms with E-state index in [2.05, 4.69) is 5.32 Å². The summed E-state index contributed by atoms with van der Waals surface area (Å²) < 4.78 is 0. The van der Waals surface area contributed by atoms with Crippen molar-refractivity contribution >= 4 is 11.9 Å². The maximum Gasteiger partial charge on any atom is 0.325 e. The van der Waals surface area contributed by atoms with Crippen molar-refractivity contribution in [3.63, 3.8) is 0 Å². The second-order valence-electron chi connectivity index (χ2n) is 3.27. The van der Waals surface area contributed by atoms with Gasteiger partial charge in [-0.3, -0.25) is 9.59 Å². The molecule has 0 spiro atoms. The molecule has 0 radical (unpaired) electrons. The van der Waals surface area contributed by atoms with Crippen molar-refractivity contribution in [3.05, 3.63) is 0 Å². The van der Waals surface area contributed by atoms with Crippen molar-refractivity contribution in [1.29, 1.82) is 0 Å². The van der Waals surface area contributed by atoms with E-state index >= 15 is 0 Å². The minimum atomic E-state index is -0.987. The molecule has 12 heavy (non-hydrogen) atoms. The maximum absolute atomic E-state index is 11.0. The quantitative estimate of drug-likeness (QED) is 0.642. The van der Waals surface area contributed by atoms with Crippen LogP contribution in [-0.4, -0.2) is 23.0 Å². The molecule has 0 aromatic heterocycles. The molecule has 1 amide bonds. The van der Waals surface area contributed by atoms with Crippen LogP contribution in [0.15, 0.2) is 0 Å². The van der Waals surface area contributed by atoms with Crippen LogP contribution < -0.4 is 5.32 Å². The van der Waals surface area contributed by atoms with Crippen molar-refractivity contribution < 1.29 is 14.7 Å². The van der Waals surface area contributed by atoms with Crippen LogP contribution in [0.25, 0.3) is 0 Å². The van der Waals surface area contributed by atoms with Crippen molar-refractivity contribution in [2.75, 3.05) is 0 Å². The van der Waals surface area contributed by atoms with Gasteiger partial charge in [0.15, 0.2) is 0 Å². The Hall–Kier alpha value is -1.06. The number of carboxylic acids is 1. The van der Waals surface area contributed by atoms with E-state index in [0.29, 0.717) is 12.3 Å². The third kappa shape index (κ3) is 2.90. The summed E-state index contributed by atoms with van der Waals surface area (Å²) in [6.45, 7) is 1.47. The van der Waals surface area contributed by atoms with Crippen LogP contribution in [0.5, 0.6) is 0 Å². The number of nitrogens with one attached hydrogen (secondary N) is 1. The molecule has 1 rings (SSSR count). The molecule has 0 aromatic carbocycles. The van der Waals surface area contributed by atoms with Gasteiger partial charge in [0.1, 0.15) is 6.04 Å². The predicted octanol–water partition coefficient (Wildman–Crippen LogP) is 0.376. The van der Waals surface area contributed by atoms with Gasteiger partial charge in [-0.05, 0) is 25.7 Å². The fourth-order valence-corrected chi connectivity index (χ4v) is 0.946. The highest BCUT2D eigenvalue weighted by atomic mass is 16.4. The Morgan fingerprint density at radius 2 is 2.17 bits per heavy atom. The van der Waals surface area contributed by atoms with Crippen molar-refractivity contribution in [2.45, 2.75) is 32.2 Å². The monoisotopic (exact) mass is 171 g/mol. The molecule has 0 saturated heterocycles. The van der Waals surface area contributed by atoms with Crippen LogP contribution in [0.4, 0.5) is 0 Å². The summed E-state index contributed by atoms with van der Waals surface area (Å²) in [6, 6.07) is -0.767. The SMILES string of the molecule is CC(NC(=O)CC1CC1)C(=O)O. The van der Waals surface area contributed by atoms with Crippen LogP contribution in [0, 0.1) is 5.92 Å². The zero-order valence-electron chi connectivity index (χ0n) is 7.04. The summed E-state index contributed by atoms with van der Waals surface area (Å²) in [7, 11) is 0. The van der Waals surface area contributed by atoms with Gasteiger partial charge in [-0.2, -0.15) is 0 Å². The number of amides is 1. The lowest BCUT2D eigenvalue weighted by molar-refractivity contribution is -0.141. The highest BCUT2D eigenvalue weighted by Crippen LogP contribution is 2.32. The first-order valence-electron chi connectivity index (χ1n) is 4.11. The number of rotatable bonds is 4. The molecule has 1 atom stereocenters. The Morgan fingerprint density at radius 1 is 1.58 bits per heavy atom. The van der Waals surface area contributed by atoms with E-state index in [4.69, 9.17) is 5.11 Å². The fraction of sp³-hybridized carbons (Fsp3) is 0.750. The summed E-state index contributed by atoms with van der Waals surface area (Å²) in [6.07, 6.45) is 2.70. The van der Waals surface area contributed by atoms with Crippen LogP contribution in [0.3, 0.4) is 0 Å². The molecule has 1 aliphatic carbocycles. The zero-order chi connectivity index (χ0) is 9.14. The van der Waals surface area contributed by atoms with Gasteiger partial charge in [-0.1, -0.05) is 0 Å². The van der Waals surface area contributed by atoms with Gasteiger partial charge in [-0.15, -0.1) is 0 Å². The van der Waals surface area contributed by atoms with E-state index in [-0.39, 0.29) is 5.91 Å². The van der Waals surface area contributed by atoms with E-state index in [1.165, 1.54) is 6.92 Å². The Morgan fingerprint density at radius 3 is 2.58 bits per heavy atom. The third-order valence-electron chi connectivity index (χ3n) is 1.92. The zero-order valence-corrected chi connectivity index (χ0v) is 7.04. The largest absolute Gasteiger partial charge is 0.480 e. The van der Waals surface area contributed by atoms with E-state index in [1.54, 1.807) is 0 Å². The number of hydrogen-bond acceptors (Lipinski definition) is 2. The molecule has 4 heteroatoms. The number of carbonyl (C=O) groups is 2. The summed E-state index contributed by atoms with van der Waals surface area (Å²) in [5.41, 5.74) is 0. The van der Waals surface area contributed by atoms with E-state index in [9.17, 15) is 9.59 Å².